The van der Waals surface area contributed by atoms with Gasteiger partial charge in [0.2, 0.25) is 5.88 Å². The monoisotopic (exact) mass is 487 g/mol. The van der Waals surface area contributed by atoms with Crippen molar-refractivity contribution < 1.29 is 22.7 Å². The Morgan fingerprint density at radius 1 is 1.20 bits per heavy atom. The molecular formula is C27H32F3N3O2. The second-order valence-electron chi connectivity index (χ2n) is 9.84. The number of hydrogen-bond donors (Lipinski definition) is 1. The predicted octanol–water partition coefficient (Wildman–Crippen LogP) is 6.39. The average Bonchev–Trinajstić information content (AvgIpc) is 2.82. The van der Waals surface area contributed by atoms with E-state index in [2.05, 4.69) is 16.4 Å². The number of alkyl halides is 3. The fourth-order valence-corrected chi connectivity index (χ4v) is 4.65. The number of ether oxygens (including phenoxy) is 1. The van der Waals surface area contributed by atoms with E-state index in [1.54, 1.807) is 19.9 Å². The summed E-state index contributed by atoms with van der Waals surface area (Å²) in [4.78, 5) is 16.9. The van der Waals surface area contributed by atoms with Gasteiger partial charge in [0.15, 0.2) is 5.60 Å². The zero-order chi connectivity index (χ0) is 25.6. The van der Waals surface area contributed by atoms with Crippen molar-refractivity contribution in [1.82, 2.24) is 10.3 Å². The minimum Gasteiger partial charge on any atom is -0.462 e. The molecule has 0 bridgehead atoms. The van der Waals surface area contributed by atoms with E-state index in [1.807, 2.05) is 25.1 Å². The lowest BCUT2D eigenvalue weighted by Gasteiger charge is -2.33. The van der Waals surface area contributed by atoms with Crippen LogP contribution >= 0.6 is 0 Å². The second-order valence-corrected chi connectivity index (χ2v) is 9.84. The molecule has 1 heterocycles. The van der Waals surface area contributed by atoms with Gasteiger partial charge in [-0.05, 0) is 56.9 Å². The average molecular weight is 488 g/mol. The third kappa shape index (κ3) is 7.20. The molecule has 1 aromatic heterocycles. The van der Waals surface area contributed by atoms with Crippen LogP contribution in [0.2, 0.25) is 0 Å². The quantitative estimate of drug-likeness (QED) is 0.468. The fourth-order valence-electron chi connectivity index (χ4n) is 4.65. The topological polar surface area (TPSA) is 75.0 Å². The number of benzene rings is 1. The van der Waals surface area contributed by atoms with Gasteiger partial charge in [0, 0.05) is 24.2 Å². The lowest BCUT2D eigenvalue weighted by molar-refractivity contribution is -0.138. The molecule has 1 fully saturated rings. The number of carbonyl (C=O) groups excluding carboxylic acids is 1. The molecule has 1 saturated carbocycles. The minimum absolute atomic E-state index is 0.00958. The first-order valence-corrected chi connectivity index (χ1v) is 12.0. The number of aromatic nitrogens is 1. The smallest absolute Gasteiger partial charge is 0.417 e. The van der Waals surface area contributed by atoms with Crippen LogP contribution < -0.4 is 10.1 Å². The first kappa shape index (κ1) is 26.5. The first-order valence-electron chi connectivity index (χ1n) is 12.0. The molecular weight excluding hydrogens is 455 g/mol. The molecule has 0 aliphatic heterocycles. The van der Waals surface area contributed by atoms with E-state index in [9.17, 15) is 23.2 Å². The predicted molar refractivity (Wildman–Crippen MR) is 127 cm³/mol. The Morgan fingerprint density at radius 2 is 1.91 bits per heavy atom. The highest BCUT2D eigenvalue weighted by atomic mass is 19.4. The summed E-state index contributed by atoms with van der Waals surface area (Å²) in [6, 6.07) is 11.4. The van der Waals surface area contributed by atoms with Gasteiger partial charge in [0.25, 0.3) is 5.91 Å². The van der Waals surface area contributed by atoms with Gasteiger partial charge in [0.1, 0.15) is 0 Å². The fraction of sp³-hybridized carbons (Fsp3) is 0.519. The highest BCUT2D eigenvalue weighted by molar-refractivity contribution is 5.85. The maximum absolute atomic E-state index is 13.2. The van der Waals surface area contributed by atoms with Gasteiger partial charge in [-0.3, -0.25) is 4.79 Å². The van der Waals surface area contributed by atoms with Crippen molar-refractivity contribution in [1.29, 1.82) is 5.26 Å². The van der Waals surface area contributed by atoms with E-state index >= 15 is 0 Å². The van der Waals surface area contributed by atoms with Crippen LogP contribution in [0, 0.1) is 17.2 Å². The Bertz CT molecular complexity index is 1040. The number of nitriles is 1. The van der Waals surface area contributed by atoms with Crippen LogP contribution in [0.1, 0.15) is 81.9 Å². The number of halogens is 3. The Hall–Kier alpha value is -3.08. The summed E-state index contributed by atoms with van der Waals surface area (Å²) in [7, 11) is 0. The molecule has 1 amide bonds. The van der Waals surface area contributed by atoms with Crippen LogP contribution in [0.15, 0.2) is 42.6 Å². The van der Waals surface area contributed by atoms with E-state index in [1.165, 1.54) is 19.3 Å². The molecule has 2 aromatic rings. The molecule has 1 aromatic carbocycles. The molecule has 0 saturated heterocycles. The molecule has 0 spiro atoms. The third-order valence-electron chi connectivity index (χ3n) is 6.69. The van der Waals surface area contributed by atoms with Crippen molar-refractivity contribution in [3.05, 3.63) is 59.3 Å². The van der Waals surface area contributed by atoms with E-state index in [4.69, 9.17) is 4.74 Å². The summed E-state index contributed by atoms with van der Waals surface area (Å²) in [5, 5.41) is 12.4. The molecule has 2 atom stereocenters. The lowest BCUT2D eigenvalue weighted by atomic mass is 9.78. The van der Waals surface area contributed by atoms with Crippen LogP contribution in [0.3, 0.4) is 0 Å². The standard InChI is InChI=1S/C27H32F3N3O2/c1-18(23(15-19-8-5-4-6-9-19)21-11-7-10-20(14-21)16-31)33-25(34)26(2,3)35-24-13-12-22(17-32-24)27(28,29)30/h7,10-14,17-19,23H,4-6,8-9,15H2,1-3H3,(H,33,34). The van der Waals surface area contributed by atoms with E-state index in [0.717, 1.165) is 37.0 Å². The number of nitrogens with one attached hydrogen (secondary N) is 1. The van der Waals surface area contributed by atoms with Gasteiger partial charge in [-0.2, -0.15) is 18.4 Å². The molecule has 1 aliphatic rings. The van der Waals surface area contributed by atoms with Crippen molar-refractivity contribution in [2.75, 3.05) is 0 Å². The number of nitrogens with zero attached hydrogens (tertiary/aromatic N) is 2. The maximum Gasteiger partial charge on any atom is 0.417 e. The Balaban J connectivity index is 1.73. The van der Waals surface area contributed by atoms with Crippen LogP contribution in [0.4, 0.5) is 13.2 Å². The molecule has 1 N–H and O–H groups in total. The van der Waals surface area contributed by atoms with Crippen molar-refractivity contribution in [3.63, 3.8) is 0 Å². The summed E-state index contributed by atoms with van der Waals surface area (Å²) in [5.41, 5.74) is -0.659. The zero-order valence-electron chi connectivity index (χ0n) is 20.4. The van der Waals surface area contributed by atoms with Gasteiger partial charge >= 0.3 is 6.18 Å². The number of hydrogen-bond acceptors (Lipinski definition) is 4. The number of carbonyl (C=O) groups is 1. The summed E-state index contributed by atoms with van der Waals surface area (Å²) in [6.07, 6.45) is 3.07. The molecule has 5 nitrogen and oxygen atoms in total. The second kappa shape index (κ2) is 11.1. The molecule has 1 aliphatic carbocycles. The van der Waals surface area contributed by atoms with E-state index in [0.29, 0.717) is 17.7 Å². The normalized spacial score (nSPS) is 16.7. The molecule has 35 heavy (non-hydrogen) atoms. The van der Waals surface area contributed by atoms with Gasteiger partial charge in [-0.15, -0.1) is 0 Å². The van der Waals surface area contributed by atoms with Gasteiger partial charge in [-0.1, -0.05) is 44.2 Å². The van der Waals surface area contributed by atoms with Crippen LogP contribution in [0.25, 0.3) is 0 Å². The minimum atomic E-state index is -4.50. The van der Waals surface area contributed by atoms with Gasteiger partial charge in [-0.25, -0.2) is 4.98 Å². The Morgan fingerprint density at radius 3 is 2.51 bits per heavy atom. The van der Waals surface area contributed by atoms with E-state index < -0.39 is 23.2 Å². The number of amides is 1. The van der Waals surface area contributed by atoms with Crippen molar-refractivity contribution >= 4 is 5.91 Å². The van der Waals surface area contributed by atoms with Crippen molar-refractivity contribution in [3.8, 4) is 11.9 Å². The third-order valence-corrected chi connectivity index (χ3v) is 6.69. The van der Waals surface area contributed by atoms with Crippen molar-refractivity contribution in [2.24, 2.45) is 5.92 Å². The molecule has 3 rings (SSSR count). The number of rotatable bonds is 8. The molecule has 188 valence electrons. The SMILES string of the molecule is CC(NC(=O)C(C)(C)Oc1ccc(C(F)(F)F)cn1)C(CC1CCCCC1)c1cccc(C#N)c1. The first-order chi connectivity index (χ1) is 16.5. The van der Waals surface area contributed by atoms with Gasteiger partial charge < -0.3 is 10.1 Å². The van der Waals surface area contributed by atoms with Gasteiger partial charge in [0.05, 0.1) is 17.2 Å². The molecule has 8 heteroatoms. The largest absolute Gasteiger partial charge is 0.462 e. The van der Waals surface area contributed by atoms with E-state index in [-0.39, 0.29) is 17.8 Å². The zero-order valence-corrected chi connectivity index (χ0v) is 20.4. The number of pyridine rings is 1. The van der Waals surface area contributed by atoms with Crippen LogP contribution in [-0.2, 0) is 11.0 Å². The van der Waals surface area contributed by atoms with Crippen LogP contribution in [-0.4, -0.2) is 22.5 Å². The summed E-state index contributed by atoms with van der Waals surface area (Å²) in [6.45, 7) is 5.05. The summed E-state index contributed by atoms with van der Waals surface area (Å²) in [5.74, 6) is 0.109. The Kier molecular flexibility index (Phi) is 8.42. The molecule has 2 unspecified atom stereocenters. The highest BCUT2D eigenvalue weighted by Gasteiger charge is 2.35. The summed E-state index contributed by atoms with van der Waals surface area (Å²) >= 11 is 0. The van der Waals surface area contributed by atoms with Crippen molar-refractivity contribution in [2.45, 2.75) is 83.0 Å². The maximum atomic E-state index is 13.2. The lowest BCUT2D eigenvalue weighted by Crippen LogP contribution is -2.51. The molecule has 0 radical (unpaired) electrons. The highest BCUT2D eigenvalue weighted by Crippen LogP contribution is 2.35. The van der Waals surface area contributed by atoms with Crippen LogP contribution in [0.5, 0.6) is 5.88 Å². The summed E-state index contributed by atoms with van der Waals surface area (Å²) < 4.78 is 44.1. The Labute approximate surface area is 204 Å².